The van der Waals surface area contributed by atoms with E-state index in [0.717, 1.165) is 5.56 Å². The third-order valence-electron chi connectivity index (χ3n) is 3.87. The summed E-state index contributed by atoms with van der Waals surface area (Å²) < 4.78 is 10.5. The summed E-state index contributed by atoms with van der Waals surface area (Å²) in [7, 11) is 0. The van der Waals surface area contributed by atoms with E-state index in [2.05, 4.69) is 15.5 Å². The molecule has 9 heteroatoms. The van der Waals surface area contributed by atoms with Crippen LogP contribution in [0.5, 0.6) is 0 Å². The normalized spacial score (nSPS) is 13.1. The molecule has 0 aliphatic heterocycles. The molecule has 2 N–H and O–H groups in total. The van der Waals surface area contributed by atoms with Crippen LogP contribution in [0.4, 0.5) is 4.79 Å². The number of alkyl carbamates (subject to hydrolysis) is 1. The highest BCUT2D eigenvalue weighted by Crippen LogP contribution is 2.25. The summed E-state index contributed by atoms with van der Waals surface area (Å²) in [5.74, 6) is -0.996. The molecule has 2 rings (SSSR count). The lowest BCUT2D eigenvalue weighted by Crippen LogP contribution is -2.36. The molecule has 0 spiro atoms. The SMILES string of the molecule is CC(C)(C)OC(=O)NC(Cc1ccc(Cl)cc1)c1noc(C(C)(C)C(=O)O)n1. The van der Waals surface area contributed by atoms with Gasteiger partial charge < -0.3 is 19.7 Å². The van der Waals surface area contributed by atoms with E-state index < -0.39 is 29.1 Å². The molecule has 0 radical (unpaired) electrons. The van der Waals surface area contributed by atoms with Gasteiger partial charge >= 0.3 is 12.1 Å². The molecule has 0 bridgehead atoms. The van der Waals surface area contributed by atoms with Crippen molar-refractivity contribution in [3.05, 3.63) is 46.6 Å². The third kappa shape index (κ3) is 5.69. The van der Waals surface area contributed by atoms with Crippen molar-refractivity contribution in [2.45, 2.75) is 58.1 Å². The number of carboxylic acid groups (broad SMARTS) is 1. The monoisotopic (exact) mass is 409 g/mol. The molecule has 1 aromatic heterocycles. The predicted molar refractivity (Wildman–Crippen MR) is 102 cm³/mol. The minimum absolute atomic E-state index is 0.0536. The molecule has 28 heavy (non-hydrogen) atoms. The number of rotatable bonds is 6. The number of amides is 1. The maximum Gasteiger partial charge on any atom is 0.408 e. The number of hydrogen-bond donors (Lipinski definition) is 2. The van der Waals surface area contributed by atoms with E-state index in [1.165, 1.54) is 13.8 Å². The second-order valence-corrected chi connectivity index (χ2v) is 8.35. The van der Waals surface area contributed by atoms with Crippen LogP contribution in [0, 0.1) is 0 Å². The van der Waals surface area contributed by atoms with E-state index in [1.54, 1.807) is 32.9 Å². The molecule has 0 saturated carbocycles. The summed E-state index contributed by atoms with van der Waals surface area (Å²) in [6.07, 6.45) is -0.307. The van der Waals surface area contributed by atoms with E-state index in [1.807, 2.05) is 12.1 Å². The molecule has 0 aliphatic carbocycles. The Kier molecular flexibility index (Phi) is 6.34. The van der Waals surface area contributed by atoms with Crippen LogP contribution < -0.4 is 5.32 Å². The van der Waals surface area contributed by atoms with Crippen LogP contribution in [0.1, 0.15) is 57.9 Å². The zero-order valence-electron chi connectivity index (χ0n) is 16.4. The van der Waals surface area contributed by atoms with Crippen LogP contribution in [0.25, 0.3) is 0 Å². The topological polar surface area (TPSA) is 115 Å². The molecule has 0 aliphatic rings. The third-order valence-corrected chi connectivity index (χ3v) is 4.12. The van der Waals surface area contributed by atoms with Gasteiger partial charge in [0, 0.05) is 11.4 Å². The average Bonchev–Trinajstić information content (AvgIpc) is 3.05. The Hall–Kier alpha value is -2.61. The largest absolute Gasteiger partial charge is 0.480 e. The molecule has 152 valence electrons. The van der Waals surface area contributed by atoms with Crippen molar-refractivity contribution in [1.29, 1.82) is 0 Å². The van der Waals surface area contributed by atoms with Gasteiger partial charge in [-0.25, -0.2) is 4.79 Å². The molecule has 1 heterocycles. The van der Waals surface area contributed by atoms with Crippen molar-refractivity contribution in [3.63, 3.8) is 0 Å². The van der Waals surface area contributed by atoms with Crippen LogP contribution >= 0.6 is 11.6 Å². The second-order valence-electron chi connectivity index (χ2n) is 7.92. The van der Waals surface area contributed by atoms with Gasteiger partial charge in [-0.15, -0.1) is 0 Å². The van der Waals surface area contributed by atoms with Crippen molar-refractivity contribution in [2.75, 3.05) is 0 Å². The van der Waals surface area contributed by atoms with Gasteiger partial charge in [-0.3, -0.25) is 4.79 Å². The number of nitrogens with one attached hydrogen (secondary N) is 1. The highest BCUT2D eigenvalue weighted by molar-refractivity contribution is 6.30. The first-order valence-corrected chi connectivity index (χ1v) is 9.08. The molecule has 1 unspecified atom stereocenters. The van der Waals surface area contributed by atoms with Gasteiger partial charge in [-0.05, 0) is 52.3 Å². The number of nitrogens with zero attached hydrogens (tertiary/aromatic N) is 2. The van der Waals surface area contributed by atoms with Crippen molar-refractivity contribution in [2.24, 2.45) is 0 Å². The fraction of sp³-hybridized carbons (Fsp3) is 0.474. The zero-order chi connectivity index (χ0) is 21.1. The molecule has 0 saturated heterocycles. The summed E-state index contributed by atoms with van der Waals surface area (Å²) in [5.41, 5.74) is -1.17. The van der Waals surface area contributed by atoms with Gasteiger partial charge in [0.2, 0.25) is 5.89 Å². The average molecular weight is 410 g/mol. The number of aromatic nitrogens is 2. The van der Waals surface area contributed by atoms with Crippen molar-refractivity contribution in [1.82, 2.24) is 15.5 Å². The first-order valence-electron chi connectivity index (χ1n) is 8.70. The van der Waals surface area contributed by atoms with Crippen molar-refractivity contribution < 1.29 is 24.0 Å². The van der Waals surface area contributed by atoms with E-state index in [0.29, 0.717) is 11.4 Å². The van der Waals surface area contributed by atoms with Gasteiger partial charge in [-0.2, -0.15) is 4.98 Å². The highest BCUT2D eigenvalue weighted by atomic mass is 35.5. The Bertz CT molecular complexity index is 840. The smallest absolute Gasteiger partial charge is 0.408 e. The van der Waals surface area contributed by atoms with E-state index in [4.69, 9.17) is 20.9 Å². The van der Waals surface area contributed by atoms with E-state index >= 15 is 0 Å². The molecule has 8 nitrogen and oxygen atoms in total. The predicted octanol–water partition coefficient (Wildman–Crippen LogP) is 3.89. The number of ether oxygens (including phenoxy) is 1. The molecular weight excluding hydrogens is 386 g/mol. The highest BCUT2D eigenvalue weighted by Gasteiger charge is 2.37. The number of carbonyl (C=O) groups is 2. The maximum atomic E-state index is 12.3. The first kappa shape index (κ1) is 21.7. The van der Waals surface area contributed by atoms with E-state index in [9.17, 15) is 14.7 Å². The second kappa shape index (κ2) is 8.18. The Labute approximate surface area is 168 Å². The molecule has 1 atom stereocenters. The molecule has 1 aromatic carbocycles. The lowest BCUT2D eigenvalue weighted by molar-refractivity contribution is -0.143. The van der Waals surface area contributed by atoms with Crippen LogP contribution in [-0.2, 0) is 21.4 Å². The molecular formula is C19H24ClN3O5. The number of carboxylic acids is 1. The maximum absolute atomic E-state index is 12.3. The lowest BCUT2D eigenvalue weighted by atomic mass is 9.94. The quantitative estimate of drug-likeness (QED) is 0.743. The zero-order valence-corrected chi connectivity index (χ0v) is 17.2. The number of carbonyl (C=O) groups excluding carboxylic acids is 1. The summed E-state index contributed by atoms with van der Waals surface area (Å²) in [6.45, 7) is 8.18. The minimum atomic E-state index is -1.36. The fourth-order valence-electron chi connectivity index (χ4n) is 2.23. The Morgan fingerprint density at radius 1 is 1.21 bits per heavy atom. The van der Waals surface area contributed by atoms with Gasteiger partial charge in [0.15, 0.2) is 5.82 Å². The standard InChI is InChI=1S/C19H24ClN3O5/c1-18(2,3)27-17(26)21-13(10-11-6-8-12(20)9-7-11)14-22-15(28-23-14)19(4,5)16(24)25/h6-9,13H,10H2,1-5H3,(H,21,26)(H,24,25). The van der Waals surface area contributed by atoms with Gasteiger partial charge in [0.1, 0.15) is 11.0 Å². The molecule has 1 amide bonds. The summed E-state index contributed by atoms with van der Waals surface area (Å²) >= 11 is 5.92. The Morgan fingerprint density at radius 3 is 2.36 bits per heavy atom. The Morgan fingerprint density at radius 2 is 1.82 bits per heavy atom. The fourth-order valence-corrected chi connectivity index (χ4v) is 2.36. The molecule has 0 fully saturated rings. The van der Waals surface area contributed by atoms with Crippen LogP contribution in [0.15, 0.2) is 28.8 Å². The van der Waals surface area contributed by atoms with Crippen molar-refractivity contribution >= 4 is 23.7 Å². The Balaban J connectivity index is 2.29. The summed E-state index contributed by atoms with van der Waals surface area (Å²) in [4.78, 5) is 27.9. The van der Waals surface area contributed by atoms with Gasteiger partial charge in [-0.1, -0.05) is 28.9 Å². The van der Waals surface area contributed by atoms with E-state index in [-0.39, 0.29) is 11.7 Å². The van der Waals surface area contributed by atoms with Gasteiger partial charge in [0.25, 0.3) is 0 Å². The van der Waals surface area contributed by atoms with Crippen LogP contribution in [0.2, 0.25) is 5.02 Å². The number of hydrogen-bond acceptors (Lipinski definition) is 6. The van der Waals surface area contributed by atoms with Crippen molar-refractivity contribution in [3.8, 4) is 0 Å². The first-order chi connectivity index (χ1) is 12.9. The number of halogens is 1. The van der Waals surface area contributed by atoms with Crippen LogP contribution in [-0.4, -0.2) is 32.9 Å². The van der Waals surface area contributed by atoms with Crippen LogP contribution in [0.3, 0.4) is 0 Å². The van der Waals surface area contributed by atoms with Gasteiger partial charge in [0.05, 0.1) is 6.04 Å². The number of benzene rings is 1. The summed E-state index contributed by atoms with van der Waals surface area (Å²) in [6, 6.07) is 6.41. The summed E-state index contributed by atoms with van der Waals surface area (Å²) in [5, 5.41) is 16.5. The minimum Gasteiger partial charge on any atom is -0.480 e. The number of aliphatic carboxylic acids is 1. The lowest BCUT2D eigenvalue weighted by Gasteiger charge is -2.22. The molecule has 2 aromatic rings.